The highest BCUT2D eigenvalue weighted by molar-refractivity contribution is 6.32. The monoisotopic (exact) mass is 542 g/mol. The number of hydrogen-bond acceptors (Lipinski definition) is 10. The summed E-state index contributed by atoms with van der Waals surface area (Å²) >= 11 is 6.08. The largest absolute Gasteiger partial charge is 0.415 e. The summed E-state index contributed by atoms with van der Waals surface area (Å²) in [4.78, 5) is 26.5. The molecule has 1 amide bonds. The molecule has 200 valence electrons. The summed E-state index contributed by atoms with van der Waals surface area (Å²) in [7, 11) is 0. The maximum Gasteiger partial charge on any atom is 0.415 e. The Balaban J connectivity index is 1.30. The van der Waals surface area contributed by atoms with Crippen LogP contribution in [0.15, 0.2) is 36.9 Å². The zero-order valence-corrected chi connectivity index (χ0v) is 21.0. The lowest BCUT2D eigenvalue weighted by Crippen LogP contribution is -2.44. The number of nitrogens with two attached hydrogens (primary N) is 1. The summed E-state index contributed by atoms with van der Waals surface area (Å²) in [6, 6.07) is 6.80. The third-order valence-electron chi connectivity index (χ3n) is 6.90. The number of aliphatic hydroxyl groups excluding tert-OH is 3. The molecule has 2 aromatic heterocycles. The minimum atomic E-state index is -1.75. The molecular formula is C25H27ClN6O6. The van der Waals surface area contributed by atoms with Gasteiger partial charge in [-0.25, -0.2) is 19.7 Å². The molecule has 0 aliphatic carbocycles. The number of aliphatic hydroxyl groups is 3. The molecule has 3 aromatic rings. The van der Waals surface area contributed by atoms with Crippen LogP contribution >= 0.6 is 11.6 Å². The van der Waals surface area contributed by atoms with E-state index in [9.17, 15) is 20.1 Å². The van der Waals surface area contributed by atoms with Gasteiger partial charge in [0, 0.05) is 19.5 Å². The maximum atomic E-state index is 12.5. The van der Waals surface area contributed by atoms with Crippen LogP contribution in [0.4, 0.5) is 10.6 Å². The number of carbonyl (C=O) groups is 1. The zero-order chi connectivity index (χ0) is 26.9. The van der Waals surface area contributed by atoms with E-state index < -0.39 is 36.7 Å². The van der Waals surface area contributed by atoms with Crippen LogP contribution in [0.2, 0.25) is 5.02 Å². The Morgan fingerprint density at radius 2 is 2.00 bits per heavy atom. The van der Waals surface area contributed by atoms with E-state index in [1.807, 2.05) is 0 Å². The molecule has 2 aliphatic rings. The molecule has 0 spiro atoms. The average molecular weight is 543 g/mol. The molecule has 0 radical (unpaired) electrons. The van der Waals surface area contributed by atoms with Crippen LogP contribution in [-0.4, -0.2) is 83.8 Å². The van der Waals surface area contributed by atoms with E-state index >= 15 is 0 Å². The van der Waals surface area contributed by atoms with E-state index in [0.29, 0.717) is 48.6 Å². The summed E-state index contributed by atoms with van der Waals surface area (Å²) in [5.41, 5.74) is 4.72. The summed E-state index contributed by atoms with van der Waals surface area (Å²) < 4.78 is 12.8. The highest BCUT2D eigenvalue weighted by atomic mass is 35.5. The van der Waals surface area contributed by atoms with Gasteiger partial charge in [-0.3, -0.25) is 4.57 Å². The number of nitrogen functional groups attached to an aromatic ring is 1. The highest BCUT2D eigenvalue weighted by Gasteiger charge is 2.55. The van der Waals surface area contributed by atoms with Crippen LogP contribution in [-0.2, 0) is 10.5 Å². The molecule has 13 heteroatoms. The SMILES string of the molecule is Nc1ncnc2c1ncn2[C@]1(C#CCC2CCN(C(=O)Oc3ccccc3Cl)CC2)O[C@H](CO)[C@@H](O)[C@H]1O. The van der Waals surface area contributed by atoms with Crippen LogP contribution in [0.25, 0.3) is 11.2 Å². The molecule has 2 aliphatic heterocycles. The molecule has 2 saturated heterocycles. The van der Waals surface area contributed by atoms with Gasteiger partial charge in [-0.1, -0.05) is 29.7 Å². The molecule has 5 rings (SSSR count). The van der Waals surface area contributed by atoms with E-state index in [0.717, 1.165) is 0 Å². The number of hydrogen-bond donors (Lipinski definition) is 4. The van der Waals surface area contributed by atoms with Crippen molar-refractivity contribution in [2.24, 2.45) is 5.92 Å². The standard InChI is InChI=1S/C25H27ClN6O6/c26-16-5-1-2-6-17(16)37-24(36)31-10-7-15(8-11-31)4-3-9-25(21(35)20(34)18(12-33)38-25)32-14-30-19-22(27)28-13-29-23(19)32/h1-2,5-6,13-15,18,20-21,33-35H,4,7-8,10-12H2,(H2,27,28,29)/t18-,20-,21-,25-/m1/s1. The topological polar surface area (TPSA) is 169 Å². The third kappa shape index (κ3) is 4.75. The lowest BCUT2D eigenvalue weighted by atomic mass is 9.93. The van der Waals surface area contributed by atoms with Gasteiger partial charge in [0.1, 0.15) is 36.5 Å². The fourth-order valence-corrected chi connectivity index (χ4v) is 4.91. The van der Waals surface area contributed by atoms with E-state index in [-0.39, 0.29) is 17.4 Å². The van der Waals surface area contributed by atoms with E-state index in [2.05, 4.69) is 26.8 Å². The van der Waals surface area contributed by atoms with Crippen molar-refractivity contribution >= 4 is 34.7 Å². The zero-order valence-electron chi connectivity index (χ0n) is 20.3. The number of imidazole rings is 1. The minimum absolute atomic E-state index is 0.142. The molecule has 2 fully saturated rings. The second-order valence-electron chi connectivity index (χ2n) is 9.25. The first-order valence-corrected chi connectivity index (χ1v) is 12.5. The third-order valence-corrected chi connectivity index (χ3v) is 7.21. The summed E-state index contributed by atoms with van der Waals surface area (Å²) in [5.74, 6) is 6.71. The summed E-state index contributed by atoms with van der Waals surface area (Å²) in [5, 5.41) is 31.6. The van der Waals surface area contributed by atoms with Gasteiger partial charge >= 0.3 is 6.09 Å². The number of halogens is 1. The molecule has 0 unspecified atom stereocenters. The number of anilines is 1. The fourth-order valence-electron chi connectivity index (χ4n) is 4.74. The van der Waals surface area contributed by atoms with Crippen molar-refractivity contribution < 1.29 is 29.6 Å². The first-order valence-electron chi connectivity index (χ1n) is 12.1. The first kappa shape index (κ1) is 26.1. The Labute approximate surface area is 223 Å². The first-order chi connectivity index (χ1) is 18.3. The quantitative estimate of drug-likeness (QED) is 0.350. The molecule has 0 saturated carbocycles. The van der Waals surface area contributed by atoms with Crippen LogP contribution < -0.4 is 10.5 Å². The lowest BCUT2D eigenvalue weighted by molar-refractivity contribution is -0.103. The Kier molecular flexibility index (Phi) is 7.38. The van der Waals surface area contributed by atoms with Gasteiger partial charge in [0.2, 0.25) is 5.72 Å². The van der Waals surface area contributed by atoms with E-state index in [4.69, 9.17) is 26.8 Å². The summed E-state index contributed by atoms with van der Waals surface area (Å²) in [6.07, 6.45) is 0.0519. The van der Waals surface area contributed by atoms with Crippen molar-refractivity contribution in [3.05, 3.63) is 41.9 Å². The molecule has 38 heavy (non-hydrogen) atoms. The predicted molar refractivity (Wildman–Crippen MR) is 136 cm³/mol. The molecule has 1 aromatic carbocycles. The maximum absolute atomic E-state index is 12.5. The molecule has 0 bridgehead atoms. The average Bonchev–Trinajstić information content (AvgIpc) is 3.47. The van der Waals surface area contributed by atoms with Gasteiger partial charge in [-0.05, 0) is 36.8 Å². The number of aromatic nitrogens is 4. The second-order valence-corrected chi connectivity index (χ2v) is 9.66. The van der Waals surface area contributed by atoms with E-state index in [1.165, 1.54) is 17.2 Å². The van der Waals surface area contributed by atoms with Crippen molar-refractivity contribution in [2.75, 3.05) is 25.4 Å². The van der Waals surface area contributed by atoms with Gasteiger partial charge < -0.3 is 35.4 Å². The number of nitrogens with zero attached hydrogens (tertiary/aromatic N) is 5. The fraction of sp³-hybridized carbons (Fsp3) is 0.440. The lowest BCUT2D eigenvalue weighted by Gasteiger charge is -2.31. The van der Waals surface area contributed by atoms with Crippen molar-refractivity contribution in [3.63, 3.8) is 0 Å². The number of likely N-dealkylation sites (tertiary alicyclic amines) is 1. The molecule has 5 N–H and O–H groups in total. The number of benzene rings is 1. The predicted octanol–water partition coefficient (Wildman–Crippen LogP) is 1.13. The second kappa shape index (κ2) is 10.7. The Hall–Kier alpha value is -3.47. The van der Waals surface area contributed by atoms with Gasteiger partial charge in [0.05, 0.1) is 11.6 Å². The normalized spacial score (nSPS) is 25.8. The van der Waals surface area contributed by atoms with Crippen LogP contribution in [0.1, 0.15) is 19.3 Å². The van der Waals surface area contributed by atoms with Crippen molar-refractivity contribution in [2.45, 2.75) is 43.3 Å². The number of piperidine rings is 1. The van der Waals surface area contributed by atoms with Gasteiger partial charge in [0.15, 0.2) is 17.2 Å². The molecule has 4 atom stereocenters. The number of fused-ring (bicyclic) bond motifs is 1. The smallest absolute Gasteiger partial charge is 0.409 e. The van der Waals surface area contributed by atoms with Crippen LogP contribution in [0.5, 0.6) is 5.75 Å². The van der Waals surface area contributed by atoms with Gasteiger partial charge in [0.25, 0.3) is 0 Å². The Morgan fingerprint density at radius 1 is 1.24 bits per heavy atom. The van der Waals surface area contributed by atoms with Crippen molar-refractivity contribution in [1.82, 2.24) is 24.4 Å². The van der Waals surface area contributed by atoms with Gasteiger partial charge in [-0.2, -0.15) is 0 Å². The van der Waals surface area contributed by atoms with Crippen molar-refractivity contribution in [1.29, 1.82) is 0 Å². The van der Waals surface area contributed by atoms with Gasteiger partial charge in [-0.15, -0.1) is 0 Å². The number of carbonyl (C=O) groups excluding carboxylic acids is 1. The summed E-state index contributed by atoms with van der Waals surface area (Å²) in [6.45, 7) is 0.468. The number of ether oxygens (including phenoxy) is 2. The van der Waals surface area contributed by atoms with E-state index in [1.54, 1.807) is 29.2 Å². The number of amides is 1. The molecule has 12 nitrogen and oxygen atoms in total. The Morgan fingerprint density at radius 3 is 2.71 bits per heavy atom. The van der Waals surface area contributed by atoms with Crippen LogP contribution in [0.3, 0.4) is 0 Å². The van der Waals surface area contributed by atoms with Crippen molar-refractivity contribution in [3.8, 4) is 17.6 Å². The highest BCUT2D eigenvalue weighted by Crippen LogP contribution is 2.37. The number of rotatable bonds is 4. The molecule has 4 heterocycles. The van der Waals surface area contributed by atoms with Crippen LogP contribution in [0, 0.1) is 17.8 Å². The minimum Gasteiger partial charge on any atom is -0.409 e. The molecular weight excluding hydrogens is 516 g/mol. The Bertz CT molecular complexity index is 1380. The number of para-hydroxylation sites is 1.